The monoisotopic (exact) mass is 378 g/mol. The van der Waals surface area contributed by atoms with Crippen molar-refractivity contribution in [3.8, 4) is 17.3 Å². The maximum absolute atomic E-state index is 9.62. The number of hydrogen-bond donors (Lipinski definition) is 1. The van der Waals surface area contributed by atoms with Crippen LogP contribution in [-0.4, -0.2) is 49.4 Å². The number of rotatable bonds is 3. The molecule has 0 spiro atoms. The molecule has 2 aromatic heterocycles. The average Bonchev–Trinajstić information content (AvgIpc) is 3.03. The molecule has 0 radical (unpaired) electrons. The first-order chi connectivity index (χ1) is 13.8. The Morgan fingerprint density at radius 2 is 1.75 bits per heavy atom. The molecule has 28 heavy (non-hydrogen) atoms. The van der Waals surface area contributed by atoms with E-state index in [2.05, 4.69) is 25.8 Å². The van der Waals surface area contributed by atoms with Gasteiger partial charge in [0.2, 0.25) is 0 Å². The van der Waals surface area contributed by atoms with Crippen LogP contribution in [0.4, 0.5) is 17.3 Å². The number of morpholine rings is 1. The highest BCUT2D eigenvalue weighted by molar-refractivity contribution is 5.75. The Bertz CT molecular complexity index is 846. The van der Waals surface area contributed by atoms with Crippen LogP contribution in [0.2, 0.25) is 0 Å². The Morgan fingerprint density at radius 3 is 2.39 bits per heavy atom. The predicted octanol–water partition coefficient (Wildman–Crippen LogP) is 2.81. The number of ether oxygens (including phenoxy) is 1. The van der Waals surface area contributed by atoms with Gasteiger partial charge in [0.15, 0.2) is 0 Å². The van der Waals surface area contributed by atoms with Gasteiger partial charge in [-0.25, -0.2) is 9.97 Å². The molecular weight excluding hydrogens is 352 g/mol. The largest absolute Gasteiger partial charge is 0.383 e. The number of nitriles is 1. The van der Waals surface area contributed by atoms with Crippen LogP contribution >= 0.6 is 0 Å². The third kappa shape index (κ3) is 3.87. The van der Waals surface area contributed by atoms with Crippen molar-refractivity contribution < 1.29 is 4.74 Å². The molecule has 0 saturated carbocycles. The molecule has 2 aliphatic heterocycles. The number of pyridine rings is 2. The van der Waals surface area contributed by atoms with E-state index in [0.717, 1.165) is 75.0 Å². The minimum Gasteiger partial charge on any atom is -0.383 e. The summed E-state index contributed by atoms with van der Waals surface area (Å²) in [5.74, 6) is 1.23. The average molecular weight is 378 g/mol. The number of aromatic nitrogens is 2. The number of nitrogen functional groups attached to an aromatic ring is 1. The van der Waals surface area contributed by atoms with E-state index in [1.807, 2.05) is 24.4 Å². The second kappa shape index (κ2) is 8.44. The van der Waals surface area contributed by atoms with Gasteiger partial charge in [0.25, 0.3) is 0 Å². The molecule has 0 bridgehead atoms. The Labute approximate surface area is 165 Å². The molecule has 2 aromatic rings. The molecule has 2 saturated heterocycles. The fraction of sp³-hybridized carbons (Fsp3) is 0.476. The normalized spacial score (nSPS) is 17.8. The summed E-state index contributed by atoms with van der Waals surface area (Å²) in [6.45, 7) is 5.07. The summed E-state index contributed by atoms with van der Waals surface area (Å²) >= 11 is 0. The highest BCUT2D eigenvalue weighted by Gasteiger charge is 2.19. The summed E-state index contributed by atoms with van der Waals surface area (Å²) in [4.78, 5) is 13.6. The zero-order chi connectivity index (χ0) is 19.3. The summed E-state index contributed by atoms with van der Waals surface area (Å²) in [5.41, 5.74) is 9.20. The highest BCUT2D eigenvalue weighted by atomic mass is 16.5. The van der Waals surface area contributed by atoms with Crippen molar-refractivity contribution in [2.24, 2.45) is 0 Å². The lowest BCUT2D eigenvalue weighted by molar-refractivity contribution is 0.122. The first-order valence-corrected chi connectivity index (χ1v) is 10.0. The molecule has 0 aromatic carbocycles. The number of nitrogens with two attached hydrogens (primary N) is 1. The van der Waals surface area contributed by atoms with E-state index in [4.69, 9.17) is 10.5 Å². The highest BCUT2D eigenvalue weighted by Crippen LogP contribution is 2.31. The molecule has 0 unspecified atom stereocenters. The third-order valence-electron chi connectivity index (χ3n) is 5.46. The van der Waals surface area contributed by atoms with Gasteiger partial charge in [-0.2, -0.15) is 5.26 Å². The quantitative estimate of drug-likeness (QED) is 0.878. The van der Waals surface area contributed by atoms with Crippen molar-refractivity contribution in [3.05, 3.63) is 30.0 Å². The first kappa shape index (κ1) is 18.5. The first-order valence-electron chi connectivity index (χ1n) is 10.0. The molecule has 7 heteroatoms. The smallest absolute Gasteiger partial charge is 0.144 e. The molecular formula is C21H26N6O. The van der Waals surface area contributed by atoms with Gasteiger partial charge >= 0.3 is 0 Å². The topological polar surface area (TPSA) is 91.3 Å². The van der Waals surface area contributed by atoms with E-state index >= 15 is 0 Å². The van der Waals surface area contributed by atoms with Crippen LogP contribution in [-0.2, 0) is 4.74 Å². The van der Waals surface area contributed by atoms with Gasteiger partial charge in [-0.05, 0) is 31.0 Å². The SMILES string of the molecule is N#Cc1c(N2CCCCCC2)cc(-c2ccc(N3CCOCC3)nc2)nc1N. The zero-order valence-corrected chi connectivity index (χ0v) is 16.1. The van der Waals surface area contributed by atoms with Crippen LogP contribution in [0.1, 0.15) is 31.2 Å². The Balaban J connectivity index is 1.64. The van der Waals surface area contributed by atoms with E-state index in [1.165, 1.54) is 12.8 Å². The molecule has 2 aliphatic rings. The van der Waals surface area contributed by atoms with Gasteiger partial charge in [0.05, 0.1) is 24.6 Å². The lowest BCUT2D eigenvalue weighted by atomic mass is 10.1. The summed E-state index contributed by atoms with van der Waals surface area (Å²) in [6.07, 6.45) is 6.58. The molecule has 0 aliphatic carbocycles. The van der Waals surface area contributed by atoms with Crippen molar-refractivity contribution in [1.29, 1.82) is 5.26 Å². The maximum Gasteiger partial charge on any atom is 0.144 e. The molecule has 0 amide bonds. The summed E-state index contributed by atoms with van der Waals surface area (Å²) < 4.78 is 5.40. The zero-order valence-electron chi connectivity index (χ0n) is 16.1. The van der Waals surface area contributed by atoms with Crippen LogP contribution in [0.5, 0.6) is 0 Å². The van der Waals surface area contributed by atoms with E-state index in [0.29, 0.717) is 5.56 Å². The molecule has 2 fully saturated rings. The van der Waals surface area contributed by atoms with E-state index in [1.54, 1.807) is 0 Å². The van der Waals surface area contributed by atoms with Crippen LogP contribution < -0.4 is 15.5 Å². The second-order valence-corrected chi connectivity index (χ2v) is 7.30. The summed E-state index contributed by atoms with van der Waals surface area (Å²) in [6, 6.07) is 8.28. The van der Waals surface area contributed by atoms with Crippen LogP contribution in [0.25, 0.3) is 11.3 Å². The number of hydrogen-bond acceptors (Lipinski definition) is 7. The number of anilines is 3. The van der Waals surface area contributed by atoms with Crippen molar-refractivity contribution in [2.75, 3.05) is 54.9 Å². The van der Waals surface area contributed by atoms with Crippen molar-refractivity contribution in [3.63, 3.8) is 0 Å². The molecule has 0 atom stereocenters. The van der Waals surface area contributed by atoms with Gasteiger partial charge in [-0.15, -0.1) is 0 Å². The number of nitrogens with zero attached hydrogens (tertiary/aromatic N) is 5. The molecule has 7 nitrogen and oxygen atoms in total. The molecule has 4 rings (SSSR count). The summed E-state index contributed by atoms with van der Waals surface area (Å²) in [7, 11) is 0. The van der Waals surface area contributed by atoms with E-state index in [-0.39, 0.29) is 5.82 Å². The van der Waals surface area contributed by atoms with Gasteiger partial charge < -0.3 is 20.3 Å². The van der Waals surface area contributed by atoms with E-state index in [9.17, 15) is 5.26 Å². The lowest BCUT2D eigenvalue weighted by Gasteiger charge is -2.27. The fourth-order valence-electron chi connectivity index (χ4n) is 3.89. The summed E-state index contributed by atoms with van der Waals surface area (Å²) in [5, 5.41) is 9.62. The van der Waals surface area contributed by atoms with Gasteiger partial charge in [-0.3, -0.25) is 0 Å². The Hall–Kier alpha value is -2.85. The van der Waals surface area contributed by atoms with Crippen LogP contribution in [0, 0.1) is 11.3 Å². The van der Waals surface area contributed by atoms with Gasteiger partial charge in [0.1, 0.15) is 23.3 Å². The van der Waals surface area contributed by atoms with Gasteiger partial charge in [0, 0.05) is 37.9 Å². The third-order valence-corrected chi connectivity index (χ3v) is 5.46. The van der Waals surface area contributed by atoms with E-state index < -0.39 is 0 Å². The maximum atomic E-state index is 9.62. The van der Waals surface area contributed by atoms with Gasteiger partial charge in [-0.1, -0.05) is 12.8 Å². The molecule has 146 valence electrons. The lowest BCUT2D eigenvalue weighted by Crippen LogP contribution is -2.36. The minimum atomic E-state index is 0.288. The second-order valence-electron chi connectivity index (χ2n) is 7.30. The van der Waals surface area contributed by atoms with Crippen molar-refractivity contribution >= 4 is 17.3 Å². The molecule has 2 N–H and O–H groups in total. The van der Waals surface area contributed by atoms with Crippen molar-refractivity contribution in [2.45, 2.75) is 25.7 Å². The molecule has 4 heterocycles. The standard InChI is InChI=1S/C21H26N6O/c22-14-17-19(26-7-3-1-2-4-8-26)13-18(25-21(17)23)16-5-6-20(24-15-16)27-9-11-28-12-10-27/h5-6,13,15H,1-4,7-12H2,(H2,23,25). The Kier molecular flexibility index (Phi) is 5.58. The predicted molar refractivity (Wildman–Crippen MR) is 110 cm³/mol. The Morgan fingerprint density at radius 1 is 1.00 bits per heavy atom. The fourth-order valence-corrected chi connectivity index (χ4v) is 3.89. The minimum absolute atomic E-state index is 0.288. The van der Waals surface area contributed by atoms with Crippen molar-refractivity contribution in [1.82, 2.24) is 9.97 Å². The van der Waals surface area contributed by atoms with Crippen LogP contribution in [0.3, 0.4) is 0 Å². The van der Waals surface area contributed by atoms with Crippen LogP contribution in [0.15, 0.2) is 24.4 Å².